The number of carbonyl (C=O) groups excluding carboxylic acids is 1. The van der Waals surface area contributed by atoms with Gasteiger partial charge in [0.1, 0.15) is 12.3 Å². The third-order valence-corrected chi connectivity index (χ3v) is 3.80. The van der Waals surface area contributed by atoms with E-state index in [1.54, 1.807) is 16.7 Å². The highest BCUT2D eigenvalue weighted by molar-refractivity contribution is 5.92. The zero-order valence-corrected chi connectivity index (χ0v) is 14.6. The van der Waals surface area contributed by atoms with Gasteiger partial charge in [0.2, 0.25) is 11.9 Å². The lowest BCUT2D eigenvalue weighted by Crippen LogP contribution is -2.21. The van der Waals surface area contributed by atoms with Gasteiger partial charge in [-0.3, -0.25) is 4.79 Å². The van der Waals surface area contributed by atoms with Crippen molar-refractivity contribution in [1.82, 2.24) is 9.55 Å². The summed E-state index contributed by atoms with van der Waals surface area (Å²) in [5.74, 6) is 1.16. The van der Waals surface area contributed by atoms with Crippen molar-refractivity contribution in [3.63, 3.8) is 0 Å². The lowest BCUT2D eigenvalue weighted by Gasteiger charge is -2.11. The standard InChI is InChI=1S/C19H22N4O3/c1-2-26-15-9-7-14(8-10-15)21-18(25)13-23-17-6-4-3-5-16(17)22-19(23)20-11-12-24/h3-10,24H,2,11-13H2,1H3,(H,20,22)(H,21,25). The van der Waals surface area contributed by atoms with Crippen molar-refractivity contribution in [3.8, 4) is 5.75 Å². The maximum Gasteiger partial charge on any atom is 0.244 e. The Morgan fingerprint density at radius 3 is 2.69 bits per heavy atom. The Bertz CT molecular complexity index is 874. The summed E-state index contributed by atoms with van der Waals surface area (Å²) in [6, 6.07) is 14.9. The molecule has 3 aromatic rings. The summed E-state index contributed by atoms with van der Waals surface area (Å²) < 4.78 is 7.20. The van der Waals surface area contributed by atoms with E-state index in [0.717, 1.165) is 16.8 Å². The largest absolute Gasteiger partial charge is 0.494 e. The normalized spacial score (nSPS) is 10.7. The number of nitrogens with one attached hydrogen (secondary N) is 2. The molecule has 0 saturated carbocycles. The number of benzene rings is 2. The van der Waals surface area contributed by atoms with Gasteiger partial charge in [0.15, 0.2) is 0 Å². The smallest absolute Gasteiger partial charge is 0.244 e. The second-order valence-corrected chi connectivity index (χ2v) is 5.67. The van der Waals surface area contributed by atoms with Crippen LogP contribution in [0.1, 0.15) is 6.92 Å². The summed E-state index contributed by atoms with van der Waals surface area (Å²) in [5, 5.41) is 15.0. The lowest BCUT2D eigenvalue weighted by atomic mass is 10.3. The highest BCUT2D eigenvalue weighted by Gasteiger charge is 2.13. The summed E-state index contributed by atoms with van der Waals surface area (Å²) in [6.07, 6.45) is 0. The molecule has 7 nitrogen and oxygen atoms in total. The van der Waals surface area contributed by atoms with Crippen LogP contribution in [0.25, 0.3) is 11.0 Å². The number of imidazole rings is 1. The van der Waals surface area contributed by atoms with Crippen LogP contribution < -0.4 is 15.4 Å². The van der Waals surface area contributed by atoms with Gasteiger partial charge >= 0.3 is 0 Å². The monoisotopic (exact) mass is 354 g/mol. The molecule has 0 aliphatic heterocycles. The zero-order chi connectivity index (χ0) is 18.4. The van der Waals surface area contributed by atoms with Crippen LogP contribution in [0.5, 0.6) is 5.75 Å². The highest BCUT2D eigenvalue weighted by atomic mass is 16.5. The van der Waals surface area contributed by atoms with Crippen LogP contribution in [0.15, 0.2) is 48.5 Å². The van der Waals surface area contributed by atoms with Crippen LogP contribution in [0, 0.1) is 0 Å². The number of ether oxygens (including phenoxy) is 1. The van der Waals surface area contributed by atoms with Crippen LogP contribution in [-0.2, 0) is 11.3 Å². The van der Waals surface area contributed by atoms with Gasteiger partial charge in [0.05, 0.1) is 24.2 Å². The summed E-state index contributed by atoms with van der Waals surface area (Å²) in [6.45, 7) is 2.99. The third kappa shape index (κ3) is 4.12. The number of nitrogens with zero attached hydrogens (tertiary/aromatic N) is 2. The van der Waals surface area contributed by atoms with Crippen LogP contribution in [0.3, 0.4) is 0 Å². The van der Waals surface area contributed by atoms with Crippen LogP contribution in [0.4, 0.5) is 11.6 Å². The molecule has 3 rings (SSSR count). The van der Waals surface area contributed by atoms with E-state index in [-0.39, 0.29) is 19.1 Å². The van der Waals surface area contributed by atoms with E-state index in [1.807, 2.05) is 43.3 Å². The number of rotatable bonds is 8. The van der Waals surface area contributed by atoms with Gasteiger partial charge in [0.25, 0.3) is 0 Å². The average Bonchev–Trinajstić information content (AvgIpc) is 2.99. The molecular formula is C19H22N4O3. The lowest BCUT2D eigenvalue weighted by molar-refractivity contribution is -0.116. The number of fused-ring (bicyclic) bond motifs is 1. The number of para-hydroxylation sites is 2. The Labute approximate surface area is 151 Å². The second-order valence-electron chi connectivity index (χ2n) is 5.67. The number of amides is 1. The van der Waals surface area contributed by atoms with Gasteiger partial charge < -0.3 is 25.0 Å². The fourth-order valence-electron chi connectivity index (χ4n) is 2.68. The van der Waals surface area contributed by atoms with Gasteiger partial charge in [0, 0.05) is 12.2 Å². The Kier molecular flexibility index (Phi) is 5.70. The van der Waals surface area contributed by atoms with E-state index in [2.05, 4.69) is 15.6 Å². The van der Waals surface area contributed by atoms with E-state index >= 15 is 0 Å². The van der Waals surface area contributed by atoms with Gasteiger partial charge in [-0.15, -0.1) is 0 Å². The van der Waals surface area contributed by atoms with E-state index in [9.17, 15) is 4.79 Å². The SMILES string of the molecule is CCOc1ccc(NC(=O)Cn2c(NCCO)nc3ccccc32)cc1. The first-order chi connectivity index (χ1) is 12.7. The molecule has 0 saturated heterocycles. The molecule has 2 aromatic carbocycles. The van der Waals surface area contributed by atoms with Crippen molar-refractivity contribution in [2.75, 3.05) is 30.4 Å². The number of aliphatic hydroxyl groups is 1. The van der Waals surface area contributed by atoms with E-state index < -0.39 is 0 Å². The first kappa shape index (κ1) is 17.8. The number of aromatic nitrogens is 2. The summed E-state index contributed by atoms with van der Waals surface area (Å²) in [5.41, 5.74) is 2.35. The van der Waals surface area contributed by atoms with E-state index in [4.69, 9.17) is 9.84 Å². The maximum absolute atomic E-state index is 12.5. The number of carbonyl (C=O) groups is 1. The molecule has 0 radical (unpaired) electrons. The van der Waals surface area contributed by atoms with Gasteiger partial charge in [-0.05, 0) is 43.3 Å². The zero-order valence-electron chi connectivity index (χ0n) is 14.6. The topological polar surface area (TPSA) is 88.4 Å². The molecule has 0 fully saturated rings. The number of hydrogen-bond acceptors (Lipinski definition) is 5. The second kappa shape index (κ2) is 8.35. The maximum atomic E-state index is 12.5. The molecule has 3 N–H and O–H groups in total. The van der Waals surface area contributed by atoms with Crippen molar-refractivity contribution in [1.29, 1.82) is 0 Å². The molecule has 1 heterocycles. The minimum atomic E-state index is -0.163. The molecule has 1 aromatic heterocycles. The molecule has 0 unspecified atom stereocenters. The molecule has 0 spiro atoms. The summed E-state index contributed by atoms with van der Waals surface area (Å²) >= 11 is 0. The molecule has 136 valence electrons. The predicted molar refractivity (Wildman–Crippen MR) is 102 cm³/mol. The van der Waals surface area contributed by atoms with Crippen molar-refractivity contribution >= 4 is 28.6 Å². The fourth-order valence-corrected chi connectivity index (χ4v) is 2.68. The number of hydrogen-bond donors (Lipinski definition) is 3. The Morgan fingerprint density at radius 1 is 1.19 bits per heavy atom. The molecule has 0 aliphatic carbocycles. The quantitative estimate of drug-likeness (QED) is 0.578. The summed E-state index contributed by atoms with van der Waals surface area (Å²) in [4.78, 5) is 17.0. The van der Waals surface area contributed by atoms with Crippen LogP contribution >= 0.6 is 0 Å². The highest BCUT2D eigenvalue weighted by Crippen LogP contribution is 2.20. The van der Waals surface area contributed by atoms with E-state index in [1.165, 1.54) is 0 Å². The molecule has 0 aliphatic rings. The first-order valence-electron chi connectivity index (χ1n) is 8.54. The van der Waals surface area contributed by atoms with Crippen molar-refractivity contribution in [3.05, 3.63) is 48.5 Å². The molecule has 0 bridgehead atoms. The minimum absolute atomic E-state index is 0.0123. The molecule has 1 amide bonds. The molecule has 26 heavy (non-hydrogen) atoms. The minimum Gasteiger partial charge on any atom is -0.494 e. The van der Waals surface area contributed by atoms with Crippen LogP contribution in [-0.4, -0.2) is 40.3 Å². The Morgan fingerprint density at radius 2 is 1.96 bits per heavy atom. The van der Waals surface area contributed by atoms with Crippen molar-refractivity contribution in [2.45, 2.75) is 13.5 Å². The van der Waals surface area contributed by atoms with Gasteiger partial charge in [-0.25, -0.2) is 4.98 Å². The molecular weight excluding hydrogens is 332 g/mol. The Balaban J connectivity index is 1.75. The Hall–Kier alpha value is -3.06. The molecule has 7 heteroatoms. The predicted octanol–water partition coefficient (Wildman–Crippen LogP) is 2.48. The number of anilines is 2. The van der Waals surface area contributed by atoms with Gasteiger partial charge in [-0.1, -0.05) is 12.1 Å². The average molecular weight is 354 g/mol. The van der Waals surface area contributed by atoms with Crippen molar-refractivity contribution < 1.29 is 14.6 Å². The first-order valence-corrected chi connectivity index (χ1v) is 8.54. The van der Waals surface area contributed by atoms with Crippen molar-refractivity contribution in [2.24, 2.45) is 0 Å². The third-order valence-electron chi connectivity index (χ3n) is 3.80. The summed E-state index contributed by atoms with van der Waals surface area (Å²) in [7, 11) is 0. The fraction of sp³-hybridized carbons (Fsp3) is 0.263. The van der Waals surface area contributed by atoms with Gasteiger partial charge in [-0.2, -0.15) is 0 Å². The number of aliphatic hydroxyl groups excluding tert-OH is 1. The molecule has 0 atom stereocenters. The van der Waals surface area contributed by atoms with Crippen LogP contribution in [0.2, 0.25) is 0 Å². The van der Waals surface area contributed by atoms with E-state index in [0.29, 0.717) is 24.8 Å².